The van der Waals surface area contributed by atoms with Crippen molar-refractivity contribution in [1.29, 1.82) is 0 Å². The van der Waals surface area contributed by atoms with Gasteiger partial charge in [0.15, 0.2) is 0 Å². The number of benzene rings is 1. The van der Waals surface area contributed by atoms with Crippen LogP contribution >= 0.6 is 0 Å². The summed E-state index contributed by atoms with van der Waals surface area (Å²) in [5.74, 6) is -0.427. The molecule has 0 spiro atoms. The van der Waals surface area contributed by atoms with Gasteiger partial charge in [0.1, 0.15) is 0 Å². The Morgan fingerprint density at radius 3 is 2.75 bits per heavy atom. The Labute approximate surface area is 116 Å². The summed E-state index contributed by atoms with van der Waals surface area (Å²) in [5.41, 5.74) is 0.598. The minimum absolute atomic E-state index is 0.217. The summed E-state index contributed by atoms with van der Waals surface area (Å²) in [4.78, 5) is 19.1. The molecule has 1 aliphatic rings. The fraction of sp³-hybridized carbons (Fsp3) is 0.400. The Morgan fingerprint density at radius 2 is 2.00 bits per heavy atom. The summed E-state index contributed by atoms with van der Waals surface area (Å²) < 4.78 is 5.78. The minimum atomic E-state index is -1.14. The number of rotatable bonds is 4. The molecule has 0 atom stereocenters. The van der Waals surface area contributed by atoms with Gasteiger partial charge in [-0.05, 0) is 30.9 Å². The molecule has 0 amide bonds. The maximum atomic E-state index is 11.1. The predicted molar refractivity (Wildman–Crippen MR) is 74.0 cm³/mol. The van der Waals surface area contributed by atoms with Crippen LogP contribution in [0.5, 0.6) is 5.88 Å². The standard InChI is InChI=1S/C15H16N2O3/c18-15(19)13-16-12-8-4-3-7-11(12)14(17-13)20-9-10-5-1-2-6-10/h3-4,7-8,10H,1-2,5-6,9H2,(H,18,19). The van der Waals surface area contributed by atoms with Crippen molar-refractivity contribution in [2.45, 2.75) is 25.7 Å². The SMILES string of the molecule is O=C(O)c1nc(OCC2CCCC2)c2ccccc2n1. The van der Waals surface area contributed by atoms with Crippen LogP contribution < -0.4 is 4.74 Å². The second-order valence-electron chi connectivity index (χ2n) is 5.14. The highest BCUT2D eigenvalue weighted by molar-refractivity contribution is 5.89. The lowest BCUT2D eigenvalue weighted by molar-refractivity contribution is 0.0682. The third kappa shape index (κ3) is 2.57. The second kappa shape index (κ2) is 5.45. The lowest BCUT2D eigenvalue weighted by Crippen LogP contribution is -2.12. The van der Waals surface area contributed by atoms with Crippen LogP contribution in [0.15, 0.2) is 24.3 Å². The molecule has 0 unspecified atom stereocenters. The summed E-state index contributed by atoms with van der Waals surface area (Å²) in [7, 11) is 0. The number of hydrogen-bond donors (Lipinski definition) is 1. The van der Waals surface area contributed by atoms with E-state index in [1.165, 1.54) is 25.7 Å². The molecule has 0 saturated heterocycles. The smallest absolute Gasteiger partial charge is 0.374 e. The van der Waals surface area contributed by atoms with E-state index < -0.39 is 5.97 Å². The fourth-order valence-electron chi connectivity index (χ4n) is 2.63. The second-order valence-corrected chi connectivity index (χ2v) is 5.14. The molecule has 3 rings (SSSR count). The zero-order chi connectivity index (χ0) is 13.9. The van der Waals surface area contributed by atoms with E-state index in [0.29, 0.717) is 23.9 Å². The van der Waals surface area contributed by atoms with E-state index in [9.17, 15) is 4.79 Å². The number of aromatic nitrogens is 2. The average Bonchev–Trinajstić information content (AvgIpc) is 2.97. The molecule has 1 saturated carbocycles. The van der Waals surface area contributed by atoms with Crippen LogP contribution in [-0.4, -0.2) is 27.7 Å². The van der Waals surface area contributed by atoms with E-state index in [2.05, 4.69) is 9.97 Å². The van der Waals surface area contributed by atoms with E-state index >= 15 is 0 Å². The Bertz CT molecular complexity index is 636. The molecule has 0 radical (unpaired) electrons. The lowest BCUT2D eigenvalue weighted by atomic mass is 10.1. The molecule has 20 heavy (non-hydrogen) atoms. The normalized spacial score (nSPS) is 15.6. The van der Waals surface area contributed by atoms with Gasteiger partial charge in [-0.1, -0.05) is 25.0 Å². The van der Waals surface area contributed by atoms with Gasteiger partial charge in [-0.2, -0.15) is 4.98 Å². The topological polar surface area (TPSA) is 72.3 Å². The third-order valence-electron chi connectivity index (χ3n) is 3.69. The van der Waals surface area contributed by atoms with Crippen LogP contribution in [0.25, 0.3) is 10.9 Å². The van der Waals surface area contributed by atoms with Gasteiger partial charge in [-0.3, -0.25) is 0 Å². The molecule has 1 aliphatic carbocycles. The average molecular weight is 272 g/mol. The first-order valence-corrected chi connectivity index (χ1v) is 6.87. The maximum absolute atomic E-state index is 11.1. The summed E-state index contributed by atoms with van der Waals surface area (Å²) in [6.45, 7) is 0.597. The van der Waals surface area contributed by atoms with Crippen molar-refractivity contribution in [3.63, 3.8) is 0 Å². The molecule has 5 heteroatoms. The monoisotopic (exact) mass is 272 g/mol. The van der Waals surface area contributed by atoms with Gasteiger partial charge < -0.3 is 9.84 Å². The van der Waals surface area contributed by atoms with Gasteiger partial charge in [0.05, 0.1) is 17.5 Å². The van der Waals surface area contributed by atoms with Crippen molar-refractivity contribution in [3.8, 4) is 5.88 Å². The number of carbonyl (C=O) groups is 1. The van der Waals surface area contributed by atoms with Crippen LogP contribution in [0.2, 0.25) is 0 Å². The number of ether oxygens (including phenoxy) is 1. The molecule has 1 heterocycles. The Kier molecular flexibility index (Phi) is 3.50. The van der Waals surface area contributed by atoms with E-state index in [4.69, 9.17) is 9.84 Å². The highest BCUT2D eigenvalue weighted by Crippen LogP contribution is 2.27. The van der Waals surface area contributed by atoms with Crippen LogP contribution in [0, 0.1) is 5.92 Å². The number of carboxylic acids is 1. The van der Waals surface area contributed by atoms with Crippen molar-refractivity contribution >= 4 is 16.9 Å². The van der Waals surface area contributed by atoms with Gasteiger partial charge in [0, 0.05) is 0 Å². The molecular formula is C15H16N2O3. The molecule has 104 valence electrons. The van der Waals surface area contributed by atoms with Gasteiger partial charge in [-0.25, -0.2) is 9.78 Å². The molecule has 0 aliphatic heterocycles. The van der Waals surface area contributed by atoms with Crippen LogP contribution in [0.4, 0.5) is 0 Å². The number of para-hydroxylation sites is 1. The molecule has 5 nitrogen and oxygen atoms in total. The number of nitrogens with zero attached hydrogens (tertiary/aromatic N) is 2. The molecular weight excluding hydrogens is 256 g/mol. The molecule has 1 aromatic heterocycles. The van der Waals surface area contributed by atoms with Crippen molar-refractivity contribution in [3.05, 3.63) is 30.1 Å². The minimum Gasteiger partial charge on any atom is -0.477 e. The van der Waals surface area contributed by atoms with Gasteiger partial charge in [-0.15, -0.1) is 0 Å². The zero-order valence-electron chi connectivity index (χ0n) is 11.1. The van der Waals surface area contributed by atoms with Crippen molar-refractivity contribution < 1.29 is 14.6 Å². The first-order valence-electron chi connectivity index (χ1n) is 6.87. The van der Waals surface area contributed by atoms with Gasteiger partial charge >= 0.3 is 5.97 Å². The first kappa shape index (κ1) is 12.8. The van der Waals surface area contributed by atoms with Gasteiger partial charge in [0.2, 0.25) is 11.7 Å². The third-order valence-corrected chi connectivity index (χ3v) is 3.69. The number of fused-ring (bicyclic) bond motifs is 1. The Balaban J connectivity index is 1.92. The summed E-state index contributed by atoms with van der Waals surface area (Å²) in [5, 5.41) is 9.83. The van der Waals surface area contributed by atoms with Crippen molar-refractivity contribution in [1.82, 2.24) is 9.97 Å². The lowest BCUT2D eigenvalue weighted by Gasteiger charge is -2.12. The highest BCUT2D eigenvalue weighted by Gasteiger charge is 2.18. The largest absolute Gasteiger partial charge is 0.477 e. The molecule has 1 aromatic carbocycles. The molecule has 0 bridgehead atoms. The van der Waals surface area contributed by atoms with Crippen LogP contribution in [0.3, 0.4) is 0 Å². The fourth-order valence-corrected chi connectivity index (χ4v) is 2.63. The summed E-state index contributed by atoms with van der Waals surface area (Å²) >= 11 is 0. The van der Waals surface area contributed by atoms with E-state index in [0.717, 1.165) is 5.39 Å². The summed E-state index contributed by atoms with van der Waals surface area (Å²) in [6.07, 6.45) is 4.85. The van der Waals surface area contributed by atoms with Crippen LogP contribution in [0.1, 0.15) is 36.3 Å². The Hall–Kier alpha value is -2.17. The van der Waals surface area contributed by atoms with E-state index in [1.54, 1.807) is 6.07 Å². The predicted octanol–water partition coefficient (Wildman–Crippen LogP) is 2.90. The van der Waals surface area contributed by atoms with Crippen LogP contribution in [-0.2, 0) is 0 Å². The summed E-state index contributed by atoms with van der Waals surface area (Å²) in [6, 6.07) is 7.31. The van der Waals surface area contributed by atoms with E-state index in [-0.39, 0.29) is 5.82 Å². The Morgan fingerprint density at radius 1 is 1.25 bits per heavy atom. The van der Waals surface area contributed by atoms with Gasteiger partial charge in [0.25, 0.3) is 0 Å². The van der Waals surface area contributed by atoms with E-state index in [1.807, 2.05) is 18.2 Å². The number of aromatic carboxylic acids is 1. The van der Waals surface area contributed by atoms with Crippen molar-refractivity contribution in [2.75, 3.05) is 6.61 Å². The molecule has 1 fully saturated rings. The molecule has 2 aromatic rings. The quantitative estimate of drug-likeness (QED) is 0.926. The highest BCUT2D eigenvalue weighted by atomic mass is 16.5. The zero-order valence-corrected chi connectivity index (χ0v) is 11.1. The first-order chi connectivity index (χ1) is 9.74. The number of carboxylic acid groups (broad SMARTS) is 1. The van der Waals surface area contributed by atoms with Crippen molar-refractivity contribution in [2.24, 2.45) is 5.92 Å². The maximum Gasteiger partial charge on any atom is 0.374 e. The number of hydrogen-bond acceptors (Lipinski definition) is 4. The molecule has 1 N–H and O–H groups in total.